The molecule has 0 atom stereocenters. The molecule has 0 radical (unpaired) electrons. The van der Waals surface area contributed by atoms with Crippen LogP contribution >= 0.6 is 0 Å². The first-order valence-electron chi connectivity index (χ1n) is 10.3. The van der Waals surface area contributed by atoms with Gasteiger partial charge in [-0.1, -0.05) is 36.9 Å². The molecule has 0 saturated heterocycles. The van der Waals surface area contributed by atoms with Crippen LogP contribution in [0, 0.1) is 0 Å². The molecule has 31 heavy (non-hydrogen) atoms. The molecule has 0 heterocycles. The summed E-state index contributed by atoms with van der Waals surface area (Å²) >= 11 is 0. The summed E-state index contributed by atoms with van der Waals surface area (Å²) in [5.41, 5.74) is 3.78. The van der Waals surface area contributed by atoms with Gasteiger partial charge in [0.25, 0.3) is 0 Å². The van der Waals surface area contributed by atoms with Gasteiger partial charge in [0.1, 0.15) is 18.1 Å². The lowest BCUT2D eigenvalue weighted by Crippen LogP contribution is -2.21. The van der Waals surface area contributed by atoms with Gasteiger partial charge in [0.15, 0.2) is 0 Å². The predicted molar refractivity (Wildman–Crippen MR) is 126 cm³/mol. The van der Waals surface area contributed by atoms with Crippen LogP contribution in [-0.2, 0) is 11.2 Å². The molecular formula is C26H28N2O3. The van der Waals surface area contributed by atoms with Crippen molar-refractivity contribution in [3.05, 3.63) is 96.6 Å². The first kappa shape index (κ1) is 22.0. The molecule has 0 spiro atoms. The molecular weight excluding hydrogens is 388 g/mol. The lowest BCUT2D eigenvalue weighted by atomic mass is 10.2. The highest BCUT2D eigenvalue weighted by Crippen LogP contribution is 2.17. The number of carbonyl (C=O) groups is 1. The number of hydrogen-bond acceptors (Lipinski definition) is 4. The Balaban J connectivity index is 1.38. The van der Waals surface area contributed by atoms with Crippen molar-refractivity contribution < 1.29 is 14.3 Å². The van der Waals surface area contributed by atoms with Crippen LogP contribution < -0.4 is 20.1 Å². The Kier molecular flexibility index (Phi) is 8.12. The summed E-state index contributed by atoms with van der Waals surface area (Å²) in [5.74, 6) is 1.42. The van der Waals surface area contributed by atoms with E-state index in [2.05, 4.69) is 29.3 Å². The van der Waals surface area contributed by atoms with Gasteiger partial charge in [-0.2, -0.15) is 0 Å². The van der Waals surface area contributed by atoms with E-state index in [9.17, 15) is 4.79 Å². The third-order valence-electron chi connectivity index (χ3n) is 4.43. The molecule has 2 N–H and O–H groups in total. The summed E-state index contributed by atoms with van der Waals surface area (Å²) in [5, 5.41) is 5.98. The van der Waals surface area contributed by atoms with Crippen molar-refractivity contribution in [3.63, 3.8) is 0 Å². The summed E-state index contributed by atoms with van der Waals surface area (Å²) in [7, 11) is 0. The second-order valence-electron chi connectivity index (χ2n) is 7.28. The zero-order chi connectivity index (χ0) is 21.9. The zero-order valence-electron chi connectivity index (χ0n) is 17.8. The van der Waals surface area contributed by atoms with Crippen LogP contribution in [-0.4, -0.2) is 25.7 Å². The summed E-state index contributed by atoms with van der Waals surface area (Å²) in [6.07, 6.45) is 0.863. The Morgan fingerprint density at radius 2 is 1.45 bits per heavy atom. The van der Waals surface area contributed by atoms with Gasteiger partial charge in [-0.25, -0.2) is 0 Å². The maximum absolute atomic E-state index is 12.2. The molecule has 5 heteroatoms. The summed E-state index contributed by atoms with van der Waals surface area (Å²) in [6, 6.07) is 25.1. The average Bonchev–Trinajstić information content (AvgIpc) is 2.79. The molecule has 0 unspecified atom stereocenters. The Bertz CT molecular complexity index is 968. The second-order valence-corrected chi connectivity index (χ2v) is 7.28. The molecule has 3 aromatic rings. The maximum Gasteiger partial charge on any atom is 0.243 e. The number of carbonyl (C=O) groups excluding carboxylic acids is 1. The lowest BCUT2D eigenvalue weighted by molar-refractivity contribution is -0.114. The SMILES string of the molecule is C=C(C)COc1ccc(NC(=O)CNc2ccc(OCCc3ccccc3)cc2)cc1. The van der Waals surface area contributed by atoms with Crippen LogP contribution in [0.1, 0.15) is 12.5 Å². The normalized spacial score (nSPS) is 10.2. The molecule has 3 rings (SSSR count). The van der Waals surface area contributed by atoms with Gasteiger partial charge in [0.2, 0.25) is 5.91 Å². The van der Waals surface area contributed by atoms with Crippen molar-refractivity contribution in [2.45, 2.75) is 13.3 Å². The number of amides is 1. The quantitative estimate of drug-likeness (QED) is 0.416. The fraction of sp³-hybridized carbons (Fsp3) is 0.192. The van der Waals surface area contributed by atoms with Gasteiger partial charge in [-0.05, 0) is 66.6 Å². The minimum absolute atomic E-state index is 0.126. The van der Waals surface area contributed by atoms with E-state index in [-0.39, 0.29) is 12.5 Å². The third-order valence-corrected chi connectivity index (χ3v) is 4.43. The molecule has 0 bridgehead atoms. The molecule has 0 fully saturated rings. The van der Waals surface area contributed by atoms with E-state index in [0.717, 1.165) is 34.9 Å². The minimum Gasteiger partial charge on any atom is -0.493 e. The first-order valence-corrected chi connectivity index (χ1v) is 10.3. The standard InChI is InChI=1S/C26H28N2O3/c1-20(2)19-31-25-14-10-23(11-15-25)28-26(29)18-27-22-8-12-24(13-9-22)30-17-16-21-6-4-3-5-7-21/h3-15,27H,1,16-19H2,2H3,(H,28,29). The van der Waals surface area contributed by atoms with Crippen LogP contribution in [0.15, 0.2) is 91.0 Å². The van der Waals surface area contributed by atoms with Crippen LogP contribution in [0.3, 0.4) is 0 Å². The van der Waals surface area contributed by atoms with Crippen molar-refractivity contribution in [1.82, 2.24) is 0 Å². The predicted octanol–water partition coefficient (Wildman–Crippen LogP) is 5.31. The smallest absolute Gasteiger partial charge is 0.243 e. The number of nitrogens with one attached hydrogen (secondary N) is 2. The number of benzene rings is 3. The molecule has 1 amide bonds. The molecule has 0 aliphatic carbocycles. The van der Waals surface area contributed by atoms with E-state index >= 15 is 0 Å². The maximum atomic E-state index is 12.2. The average molecular weight is 417 g/mol. The zero-order valence-corrected chi connectivity index (χ0v) is 17.8. The Labute approximate surface area is 183 Å². The van der Waals surface area contributed by atoms with E-state index in [1.807, 2.05) is 73.7 Å². The summed E-state index contributed by atoms with van der Waals surface area (Å²) in [6.45, 7) is 6.99. The fourth-order valence-corrected chi connectivity index (χ4v) is 2.83. The van der Waals surface area contributed by atoms with E-state index in [1.54, 1.807) is 0 Å². The molecule has 0 saturated carbocycles. The van der Waals surface area contributed by atoms with Crippen molar-refractivity contribution in [2.24, 2.45) is 0 Å². The molecule has 5 nitrogen and oxygen atoms in total. The monoisotopic (exact) mass is 416 g/mol. The Morgan fingerprint density at radius 1 is 0.839 bits per heavy atom. The highest BCUT2D eigenvalue weighted by molar-refractivity contribution is 5.93. The molecule has 0 aliphatic rings. The topological polar surface area (TPSA) is 59.6 Å². The number of anilines is 2. The van der Waals surface area contributed by atoms with Crippen LogP contribution in [0.5, 0.6) is 11.5 Å². The highest BCUT2D eigenvalue weighted by atomic mass is 16.5. The Morgan fingerprint density at radius 3 is 2.10 bits per heavy atom. The van der Waals surface area contributed by atoms with Gasteiger partial charge in [-0.15, -0.1) is 0 Å². The summed E-state index contributed by atoms with van der Waals surface area (Å²) in [4.78, 5) is 12.2. The first-order chi connectivity index (χ1) is 15.1. The molecule has 160 valence electrons. The lowest BCUT2D eigenvalue weighted by Gasteiger charge is -2.10. The van der Waals surface area contributed by atoms with Gasteiger partial charge < -0.3 is 20.1 Å². The third kappa shape index (κ3) is 7.90. The van der Waals surface area contributed by atoms with Gasteiger partial charge in [0, 0.05) is 17.8 Å². The van der Waals surface area contributed by atoms with Crippen LogP contribution in [0.4, 0.5) is 11.4 Å². The largest absolute Gasteiger partial charge is 0.493 e. The van der Waals surface area contributed by atoms with Crippen molar-refractivity contribution >= 4 is 17.3 Å². The number of rotatable bonds is 11. The molecule has 0 aromatic heterocycles. The van der Waals surface area contributed by atoms with Crippen LogP contribution in [0.25, 0.3) is 0 Å². The van der Waals surface area contributed by atoms with Gasteiger partial charge in [0.05, 0.1) is 13.2 Å². The van der Waals surface area contributed by atoms with E-state index in [4.69, 9.17) is 9.47 Å². The number of ether oxygens (including phenoxy) is 2. The highest BCUT2D eigenvalue weighted by Gasteiger charge is 2.04. The van der Waals surface area contributed by atoms with E-state index < -0.39 is 0 Å². The Hall–Kier alpha value is -3.73. The van der Waals surface area contributed by atoms with Gasteiger partial charge >= 0.3 is 0 Å². The summed E-state index contributed by atoms with van der Waals surface area (Å²) < 4.78 is 11.3. The van der Waals surface area contributed by atoms with E-state index in [0.29, 0.717) is 13.2 Å². The van der Waals surface area contributed by atoms with Gasteiger partial charge in [-0.3, -0.25) is 4.79 Å². The number of hydrogen-bond donors (Lipinski definition) is 2. The van der Waals surface area contributed by atoms with E-state index in [1.165, 1.54) is 5.56 Å². The van der Waals surface area contributed by atoms with Crippen LogP contribution in [0.2, 0.25) is 0 Å². The second kappa shape index (κ2) is 11.5. The molecule has 3 aromatic carbocycles. The minimum atomic E-state index is -0.126. The fourth-order valence-electron chi connectivity index (χ4n) is 2.83. The molecule has 0 aliphatic heterocycles. The van der Waals surface area contributed by atoms with Crippen molar-refractivity contribution in [2.75, 3.05) is 30.4 Å². The van der Waals surface area contributed by atoms with Crippen molar-refractivity contribution in [3.8, 4) is 11.5 Å². The van der Waals surface area contributed by atoms with Crippen molar-refractivity contribution in [1.29, 1.82) is 0 Å².